The van der Waals surface area contributed by atoms with Gasteiger partial charge < -0.3 is 10.2 Å². The second-order valence-electron chi connectivity index (χ2n) is 8.45. The Morgan fingerprint density at radius 2 is 1.82 bits per heavy atom. The van der Waals surface area contributed by atoms with Crippen LogP contribution in [0.15, 0.2) is 42.5 Å². The van der Waals surface area contributed by atoms with Crippen molar-refractivity contribution < 1.29 is 13.6 Å². The molecule has 2 aromatic carbocycles. The van der Waals surface area contributed by atoms with E-state index in [1.165, 1.54) is 31.0 Å². The van der Waals surface area contributed by atoms with Gasteiger partial charge in [0.2, 0.25) is 0 Å². The Labute approximate surface area is 163 Å². The van der Waals surface area contributed by atoms with Gasteiger partial charge in [-0.3, -0.25) is 4.79 Å². The molecule has 2 heterocycles. The van der Waals surface area contributed by atoms with Gasteiger partial charge in [-0.25, -0.2) is 8.78 Å². The van der Waals surface area contributed by atoms with Crippen LogP contribution in [-0.2, 0) is 5.41 Å². The molecular weight excluding hydrogens is 358 g/mol. The van der Waals surface area contributed by atoms with Gasteiger partial charge in [-0.2, -0.15) is 0 Å². The largest absolute Gasteiger partial charge is 0.317 e. The minimum atomic E-state index is -0.417. The first kappa shape index (κ1) is 17.8. The molecule has 1 saturated carbocycles. The summed E-state index contributed by atoms with van der Waals surface area (Å²) in [7, 11) is 0. The number of fused-ring (bicyclic) bond motifs is 2. The zero-order chi connectivity index (χ0) is 19.3. The molecule has 1 spiro atoms. The number of rotatable bonds is 3. The number of hydrogen-bond acceptors (Lipinski definition) is 2. The highest BCUT2D eigenvalue weighted by Crippen LogP contribution is 2.54. The number of anilines is 1. The fraction of sp³-hybridized carbons (Fsp3) is 0.435. The summed E-state index contributed by atoms with van der Waals surface area (Å²) in [5, 5.41) is 3.41. The monoisotopic (exact) mass is 382 g/mol. The van der Waals surface area contributed by atoms with Crippen molar-refractivity contribution in [3.8, 4) is 0 Å². The number of hydrogen-bond donors (Lipinski definition) is 1. The molecule has 146 valence electrons. The van der Waals surface area contributed by atoms with Gasteiger partial charge in [-0.05, 0) is 80.2 Å². The van der Waals surface area contributed by atoms with E-state index in [0.717, 1.165) is 43.6 Å². The van der Waals surface area contributed by atoms with E-state index in [0.29, 0.717) is 11.5 Å². The first-order valence-electron chi connectivity index (χ1n) is 10.2. The van der Waals surface area contributed by atoms with E-state index < -0.39 is 5.82 Å². The summed E-state index contributed by atoms with van der Waals surface area (Å²) < 4.78 is 28.0. The first-order chi connectivity index (χ1) is 13.6. The topological polar surface area (TPSA) is 32.3 Å². The van der Waals surface area contributed by atoms with Crippen LogP contribution in [0.25, 0.3) is 0 Å². The lowest BCUT2D eigenvalue weighted by molar-refractivity contribution is 0.0959. The summed E-state index contributed by atoms with van der Waals surface area (Å²) in [6.45, 7) is 1.72. The Balaban J connectivity index is 1.64. The average molecular weight is 382 g/mol. The Morgan fingerprint density at radius 3 is 2.54 bits per heavy atom. The van der Waals surface area contributed by atoms with E-state index in [2.05, 4.69) is 5.32 Å². The lowest BCUT2D eigenvalue weighted by Crippen LogP contribution is -2.52. The molecule has 5 rings (SSSR count). The molecule has 0 unspecified atom stereocenters. The molecule has 1 amide bonds. The van der Waals surface area contributed by atoms with Crippen LogP contribution in [0.5, 0.6) is 0 Å². The van der Waals surface area contributed by atoms with E-state index in [4.69, 9.17) is 0 Å². The summed E-state index contributed by atoms with van der Waals surface area (Å²) in [5.74, 6) is -0.242. The molecule has 2 aliphatic heterocycles. The molecule has 1 aliphatic carbocycles. The van der Waals surface area contributed by atoms with Crippen molar-refractivity contribution in [2.75, 3.05) is 18.0 Å². The third kappa shape index (κ3) is 2.84. The molecule has 5 heteroatoms. The lowest BCUT2D eigenvalue weighted by atomic mass is 9.68. The second kappa shape index (κ2) is 6.66. The van der Waals surface area contributed by atoms with Gasteiger partial charge in [0.1, 0.15) is 11.6 Å². The fourth-order valence-corrected chi connectivity index (χ4v) is 5.20. The zero-order valence-corrected chi connectivity index (χ0v) is 15.8. The Hall–Kier alpha value is -2.27. The number of amides is 1. The van der Waals surface area contributed by atoms with E-state index >= 15 is 0 Å². The van der Waals surface area contributed by atoms with Crippen molar-refractivity contribution in [1.29, 1.82) is 0 Å². The maximum Gasteiger partial charge on any atom is 0.258 e. The Bertz CT molecular complexity index is 919. The van der Waals surface area contributed by atoms with Gasteiger partial charge in [0.05, 0.1) is 0 Å². The molecule has 3 aliphatic rings. The van der Waals surface area contributed by atoms with Crippen molar-refractivity contribution in [2.45, 2.75) is 43.6 Å². The molecule has 1 atom stereocenters. The summed E-state index contributed by atoms with van der Waals surface area (Å²) in [4.78, 5) is 15.4. The lowest BCUT2D eigenvalue weighted by Gasteiger charge is -2.42. The SMILES string of the molecule is O=C(c1cccc(F)c1)N1c2ccc(F)cc2C2(CCNCC2)[C@H]1CC1CC1. The van der Waals surface area contributed by atoms with Gasteiger partial charge in [0, 0.05) is 22.7 Å². The molecule has 1 saturated heterocycles. The third-order valence-corrected chi connectivity index (χ3v) is 6.74. The number of benzene rings is 2. The average Bonchev–Trinajstić information content (AvgIpc) is 3.49. The van der Waals surface area contributed by atoms with Gasteiger partial charge in [-0.15, -0.1) is 0 Å². The number of halogens is 2. The smallest absolute Gasteiger partial charge is 0.258 e. The summed E-state index contributed by atoms with van der Waals surface area (Å²) in [6, 6.07) is 10.7. The Morgan fingerprint density at radius 1 is 1.07 bits per heavy atom. The molecular formula is C23H24F2N2O. The van der Waals surface area contributed by atoms with E-state index in [1.807, 2.05) is 4.90 Å². The van der Waals surface area contributed by atoms with Crippen LogP contribution in [0.3, 0.4) is 0 Å². The predicted octanol–water partition coefficient (Wildman–Crippen LogP) is 4.42. The van der Waals surface area contributed by atoms with Crippen LogP contribution in [-0.4, -0.2) is 25.0 Å². The van der Waals surface area contributed by atoms with Crippen LogP contribution in [0, 0.1) is 17.6 Å². The van der Waals surface area contributed by atoms with Gasteiger partial charge >= 0.3 is 0 Å². The fourth-order valence-electron chi connectivity index (χ4n) is 5.20. The van der Waals surface area contributed by atoms with E-state index in [9.17, 15) is 13.6 Å². The van der Waals surface area contributed by atoms with Crippen LogP contribution < -0.4 is 10.2 Å². The van der Waals surface area contributed by atoms with Gasteiger partial charge in [-0.1, -0.05) is 18.9 Å². The van der Waals surface area contributed by atoms with E-state index in [1.54, 1.807) is 24.3 Å². The highest BCUT2D eigenvalue weighted by Gasteiger charge is 2.54. The van der Waals surface area contributed by atoms with Crippen molar-refractivity contribution in [3.63, 3.8) is 0 Å². The van der Waals surface area contributed by atoms with Crippen molar-refractivity contribution in [3.05, 3.63) is 65.2 Å². The number of carbonyl (C=O) groups excluding carboxylic acids is 1. The van der Waals surface area contributed by atoms with Crippen LogP contribution in [0.4, 0.5) is 14.5 Å². The van der Waals surface area contributed by atoms with Crippen molar-refractivity contribution >= 4 is 11.6 Å². The molecule has 0 bridgehead atoms. The standard InChI is InChI=1S/C23H24F2N2O/c24-17-3-1-2-16(13-17)22(28)27-20-7-6-18(25)14-19(20)23(8-10-26-11-9-23)21(27)12-15-4-5-15/h1-3,6-7,13-15,21,26H,4-5,8-12H2/t21-/m1/s1. The maximum atomic E-state index is 14.2. The molecule has 2 fully saturated rings. The van der Waals surface area contributed by atoms with Crippen LogP contribution in [0.2, 0.25) is 0 Å². The second-order valence-corrected chi connectivity index (χ2v) is 8.45. The van der Waals surface area contributed by atoms with Crippen molar-refractivity contribution in [2.24, 2.45) is 5.92 Å². The molecule has 0 radical (unpaired) electrons. The maximum absolute atomic E-state index is 14.2. The summed E-state index contributed by atoms with van der Waals surface area (Å²) >= 11 is 0. The first-order valence-corrected chi connectivity index (χ1v) is 10.2. The third-order valence-electron chi connectivity index (χ3n) is 6.74. The van der Waals surface area contributed by atoms with Crippen LogP contribution in [0.1, 0.15) is 48.0 Å². The van der Waals surface area contributed by atoms with Gasteiger partial charge in [0.25, 0.3) is 5.91 Å². The molecule has 0 aromatic heterocycles. The normalized spacial score (nSPS) is 23.1. The quantitative estimate of drug-likeness (QED) is 0.853. The minimum absolute atomic E-state index is 0.00494. The van der Waals surface area contributed by atoms with Crippen molar-refractivity contribution in [1.82, 2.24) is 5.32 Å². The predicted molar refractivity (Wildman–Crippen MR) is 105 cm³/mol. The summed E-state index contributed by atoms with van der Waals surface area (Å²) in [6.07, 6.45) is 5.08. The summed E-state index contributed by atoms with van der Waals surface area (Å²) in [5.41, 5.74) is 1.86. The van der Waals surface area contributed by atoms with E-state index in [-0.39, 0.29) is 23.2 Å². The number of piperidine rings is 1. The molecule has 1 N–H and O–H groups in total. The number of nitrogens with zero attached hydrogens (tertiary/aromatic N) is 1. The van der Waals surface area contributed by atoms with Crippen LogP contribution >= 0.6 is 0 Å². The Kier molecular flexibility index (Phi) is 4.23. The highest BCUT2D eigenvalue weighted by atomic mass is 19.1. The number of carbonyl (C=O) groups is 1. The molecule has 28 heavy (non-hydrogen) atoms. The minimum Gasteiger partial charge on any atom is -0.317 e. The molecule has 3 nitrogen and oxygen atoms in total. The number of nitrogens with one attached hydrogen (secondary N) is 1. The zero-order valence-electron chi connectivity index (χ0n) is 15.8. The van der Waals surface area contributed by atoms with Gasteiger partial charge in [0.15, 0.2) is 0 Å². The molecule has 2 aromatic rings. The highest BCUT2D eigenvalue weighted by molar-refractivity contribution is 6.08.